The van der Waals surface area contributed by atoms with E-state index in [4.69, 9.17) is 9.15 Å². The Kier molecular flexibility index (Phi) is 3.63. The Labute approximate surface area is 159 Å². The lowest BCUT2D eigenvalue weighted by molar-refractivity contribution is -0.144. The summed E-state index contributed by atoms with van der Waals surface area (Å²) in [6, 6.07) is 16.3. The second kappa shape index (κ2) is 6.18. The van der Waals surface area contributed by atoms with Gasteiger partial charge in [0, 0.05) is 25.2 Å². The average molecular weight is 360 g/mol. The summed E-state index contributed by atoms with van der Waals surface area (Å²) in [7, 11) is 0. The SMILES string of the molecule is c1ccc2oc(-c3ccc(COC4C5CC6CC4CN(C6)C5)cc3)nc2c1. The molecule has 27 heavy (non-hydrogen) atoms. The van der Waals surface area contributed by atoms with Crippen molar-refractivity contribution in [2.75, 3.05) is 19.6 Å². The zero-order valence-electron chi connectivity index (χ0n) is 15.4. The van der Waals surface area contributed by atoms with Crippen molar-refractivity contribution in [1.82, 2.24) is 9.88 Å². The van der Waals surface area contributed by atoms with Gasteiger partial charge in [0.25, 0.3) is 0 Å². The first-order valence-electron chi connectivity index (χ1n) is 10.1. The van der Waals surface area contributed by atoms with Gasteiger partial charge in [-0.3, -0.25) is 0 Å². The smallest absolute Gasteiger partial charge is 0.227 e. The van der Waals surface area contributed by atoms with Crippen LogP contribution in [-0.4, -0.2) is 35.6 Å². The number of ether oxygens (including phenoxy) is 1. The van der Waals surface area contributed by atoms with Crippen LogP contribution in [0.1, 0.15) is 18.4 Å². The Morgan fingerprint density at radius 1 is 0.963 bits per heavy atom. The molecule has 4 heterocycles. The maximum atomic E-state index is 6.43. The van der Waals surface area contributed by atoms with Crippen molar-refractivity contribution in [3.05, 3.63) is 54.1 Å². The summed E-state index contributed by atoms with van der Waals surface area (Å²) in [4.78, 5) is 7.23. The van der Waals surface area contributed by atoms with Crippen LogP contribution in [0.3, 0.4) is 0 Å². The third-order valence-electron chi connectivity index (χ3n) is 6.64. The van der Waals surface area contributed by atoms with E-state index in [1.54, 1.807) is 0 Å². The van der Waals surface area contributed by atoms with Gasteiger partial charge >= 0.3 is 0 Å². The topological polar surface area (TPSA) is 38.5 Å². The first-order chi connectivity index (χ1) is 13.3. The van der Waals surface area contributed by atoms with Gasteiger partial charge in [0.2, 0.25) is 5.89 Å². The van der Waals surface area contributed by atoms with E-state index in [1.807, 2.05) is 24.3 Å². The molecule has 3 aliphatic heterocycles. The Hall–Kier alpha value is -2.17. The van der Waals surface area contributed by atoms with Gasteiger partial charge in [-0.2, -0.15) is 0 Å². The van der Waals surface area contributed by atoms with Crippen molar-refractivity contribution in [3.8, 4) is 11.5 Å². The molecule has 0 spiro atoms. The summed E-state index contributed by atoms with van der Waals surface area (Å²) in [6.45, 7) is 4.52. The number of fused-ring (bicyclic) bond motifs is 1. The summed E-state index contributed by atoms with van der Waals surface area (Å²) in [5.74, 6) is 3.10. The maximum Gasteiger partial charge on any atom is 0.227 e. The van der Waals surface area contributed by atoms with Crippen LogP contribution in [0, 0.1) is 17.8 Å². The van der Waals surface area contributed by atoms with Crippen LogP contribution in [0.25, 0.3) is 22.6 Å². The largest absolute Gasteiger partial charge is 0.436 e. The zero-order valence-corrected chi connectivity index (χ0v) is 15.4. The Bertz CT molecular complexity index is 901. The molecule has 3 saturated heterocycles. The standard InChI is InChI=1S/C23H24N2O2/c1-2-4-21-20(3-1)24-23(27-21)17-7-5-15(6-8-17)14-26-22-18-9-16-10-19(22)13-25(11-16)12-18/h1-8,16,18-19,22H,9-14H2. The van der Waals surface area contributed by atoms with Crippen LogP contribution in [-0.2, 0) is 11.3 Å². The van der Waals surface area contributed by atoms with E-state index in [9.17, 15) is 0 Å². The molecular formula is C23H24N2O2. The van der Waals surface area contributed by atoms with Gasteiger partial charge in [0.1, 0.15) is 5.52 Å². The summed E-state index contributed by atoms with van der Waals surface area (Å²) < 4.78 is 12.3. The van der Waals surface area contributed by atoms with Gasteiger partial charge in [0.05, 0.1) is 12.7 Å². The summed E-state index contributed by atoms with van der Waals surface area (Å²) in [5.41, 5.74) is 3.97. The molecule has 1 saturated carbocycles. The fourth-order valence-electron chi connectivity index (χ4n) is 5.57. The van der Waals surface area contributed by atoms with Crippen molar-refractivity contribution < 1.29 is 9.15 Å². The number of oxazole rings is 1. The third kappa shape index (κ3) is 2.79. The number of hydrogen-bond acceptors (Lipinski definition) is 4. The fraction of sp³-hybridized carbons (Fsp3) is 0.435. The number of rotatable bonds is 4. The maximum absolute atomic E-state index is 6.43. The second-order valence-corrected chi connectivity index (χ2v) is 8.54. The van der Waals surface area contributed by atoms with Crippen molar-refractivity contribution in [3.63, 3.8) is 0 Å². The molecule has 4 fully saturated rings. The number of para-hydroxylation sites is 2. The fourth-order valence-corrected chi connectivity index (χ4v) is 5.57. The molecule has 7 rings (SSSR count). The summed E-state index contributed by atoms with van der Waals surface area (Å²) in [6.07, 6.45) is 3.19. The monoisotopic (exact) mass is 360 g/mol. The molecular weight excluding hydrogens is 336 g/mol. The third-order valence-corrected chi connectivity index (χ3v) is 6.64. The van der Waals surface area contributed by atoms with Crippen LogP contribution >= 0.6 is 0 Å². The van der Waals surface area contributed by atoms with Crippen molar-refractivity contribution in [2.45, 2.75) is 25.6 Å². The highest BCUT2D eigenvalue weighted by Gasteiger charge is 2.47. The number of benzene rings is 2. The highest BCUT2D eigenvalue weighted by Crippen LogP contribution is 2.45. The van der Waals surface area contributed by atoms with Crippen LogP contribution in [0.5, 0.6) is 0 Å². The summed E-state index contributed by atoms with van der Waals surface area (Å²) in [5, 5.41) is 0. The summed E-state index contributed by atoms with van der Waals surface area (Å²) >= 11 is 0. The zero-order chi connectivity index (χ0) is 17.8. The predicted molar refractivity (Wildman–Crippen MR) is 104 cm³/mol. The van der Waals surface area contributed by atoms with E-state index in [0.717, 1.165) is 34.4 Å². The van der Waals surface area contributed by atoms with E-state index < -0.39 is 0 Å². The number of piperidine rings is 3. The van der Waals surface area contributed by atoms with Gasteiger partial charge in [-0.1, -0.05) is 24.3 Å². The van der Waals surface area contributed by atoms with Gasteiger partial charge in [0.15, 0.2) is 5.58 Å². The van der Waals surface area contributed by atoms with Crippen molar-refractivity contribution >= 4 is 11.1 Å². The molecule has 2 aromatic carbocycles. The van der Waals surface area contributed by atoms with Gasteiger partial charge in [-0.25, -0.2) is 4.98 Å². The number of nitrogens with zero attached hydrogens (tertiary/aromatic N) is 2. The highest BCUT2D eigenvalue weighted by atomic mass is 16.5. The molecule has 3 aromatic rings. The molecule has 4 bridgehead atoms. The first kappa shape index (κ1) is 15.8. The highest BCUT2D eigenvalue weighted by molar-refractivity contribution is 5.75. The second-order valence-electron chi connectivity index (χ2n) is 8.54. The molecule has 138 valence electrons. The van der Waals surface area contributed by atoms with Crippen molar-refractivity contribution in [1.29, 1.82) is 0 Å². The quantitative estimate of drug-likeness (QED) is 0.693. The average Bonchev–Trinajstić information content (AvgIpc) is 3.12. The molecule has 2 atom stereocenters. The Balaban J connectivity index is 1.15. The minimum absolute atomic E-state index is 0.453. The Morgan fingerprint density at radius 3 is 2.48 bits per heavy atom. The minimum Gasteiger partial charge on any atom is -0.436 e. The molecule has 0 amide bonds. The molecule has 2 unspecified atom stereocenters. The predicted octanol–water partition coefficient (Wildman–Crippen LogP) is 4.35. The molecule has 1 aromatic heterocycles. The molecule has 0 N–H and O–H groups in total. The lowest BCUT2D eigenvalue weighted by atomic mass is 9.66. The van der Waals surface area contributed by atoms with E-state index in [-0.39, 0.29) is 0 Å². The molecule has 0 radical (unpaired) electrons. The first-order valence-corrected chi connectivity index (χ1v) is 10.1. The van der Waals surface area contributed by atoms with E-state index >= 15 is 0 Å². The van der Waals surface area contributed by atoms with E-state index in [2.05, 4.69) is 34.1 Å². The van der Waals surface area contributed by atoms with Crippen LogP contribution < -0.4 is 0 Å². The van der Waals surface area contributed by atoms with Crippen LogP contribution in [0.2, 0.25) is 0 Å². The van der Waals surface area contributed by atoms with Crippen LogP contribution in [0.4, 0.5) is 0 Å². The lowest BCUT2D eigenvalue weighted by Crippen LogP contribution is -2.60. The molecule has 4 nitrogen and oxygen atoms in total. The normalized spacial score (nSPS) is 31.6. The minimum atomic E-state index is 0.453. The van der Waals surface area contributed by atoms with E-state index in [1.165, 1.54) is 38.0 Å². The number of aromatic nitrogens is 1. The van der Waals surface area contributed by atoms with Gasteiger partial charge < -0.3 is 14.1 Å². The molecule has 4 aliphatic rings. The van der Waals surface area contributed by atoms with E-state index in [0.29, 0.717) is 18.6 Å². The van der Waals surface area contributed by atoms with Gasteiger partial charge in [-0.15, -0.1) is 0 Å². The molecule has 1 aliphatic carbocycles. The van der Waals surface area contributed by atoms with Crippen molar-refractivity contribution in [2.24, 2.45) is 17.8 Å². The number of hydrogen-bond donors (Lipinski definition) is 0. The van der Waals surface area contributed by atoms with Crippen LogP contribution in [0.15, 0.2) is 52.9 Å². The van der Waals surface area contributed by atoms with Gasteiger partial charge in [-0.05, 0) is 60.4 Å². The lowest BCUT2D eigenvalue weighted by Gasteiger charge is -2.55. The molecule has 4 heteroatoms. The Morgan fingerprint density at radius 2 is 1.74 bits per heavy atom.